The predicted molar refractivity (Wildman–Crippen MR) is 95.4 cm³/mol. The molecule has 0 radical (unpaired) electrons. The number of carbonyl (C=O) groups excluding carboxylic acids is 3. The molecule has 0 aliphatic carbocycles. The van der Waals surface area contributed by atoms with Crippen molar-refractivity contribution in [3.63, 3.8) is 0 Å². The smallest absolute Gasteiger partial charge is 0.412 e. The zero-order chi connectivity index (χ0) is 18.9. The zero-order valence-corrected chi connectivity index (χ0v) is 15.2. The molecule has 0 saturated heterocycles. The molecule has 7 nitrogen and oxygen atoms in total. The molecular formula is C18H26N2O5. The molecular weight excluding hydrogens is 324 g/mol. The summed E-state index contributed by atoms with van der Waals surface area (Å²) < 4.78 is 9.76. The zero-order valence-electron chi connectivity index (χ0n) is 15.2. The quantitative estimate of drug-likeness (QED) is 0.577. The van der Waals surface area contributed by atoms with E-state index in [9.17, 15) is 14.4 Å². The van der Waals surface area contributed by atoms with E-state index >= 15 is 0 Å². The summed E-state index contributed by atoms with van der Waals surface area (Å²) in [5.74, 6) is -0.476. The number of anilines is 2. The summed E-state index contributed by atoms with van der Waals surface area (Å²) in [6.45, 7) is 5.32. The number of benzene rings is 1. The van der Waals surface area contributed by atoms with Crippen LogP contribution in [0, 0.1) is 0 Å². The summed E-state index contributed by atoms with van der Waals surface area (Å²) in [6.07, 6.45) is 1.13. The van der Waals surface area contributed by atoms with Gasteiger partial charge in [-0.1, -0.05) is 12.1 Å². The first-order valence-electron chi connectivity index (χ1n) is 8.17. The second kappa shape index (κ2) is 9.66. The van der Waals surface area contributed by atoms with Crippen molar-refractivity contribution in [2.24, 2.45) is 0 Å². The maximum atomic E-state index is 12.0. The number of ether oxygens (including phenoxy) is 2. The Bertz CT molecular complexity index is 608. The highest BCUT2D eigenvalue weighted by molar-refractivity contribution is 5.97. The number of hydrogen-bond acceptors (Lipinski definition) is 5. The van der Waals surface area contributed by atoms with E-state index in [1.165, 1.54) is 7.11 Å². The van der Waals surface area contributed by atoms with Gasteiger partial charge in [0.15, 0.2) is 0 Å². The van der Waals surface area contributed by atoms with E-state index in [1.807, 2.05) is 0 Å². The molecule has 0 unspecified atom stereocenters. The van der Waals surface area contributed by atoms with E-state index in [2.05, 4.69) is 15.4 Å². The van der Waals surface area contributed by atoms with E-state index < -0.39 is 11.7 Å². The Morgan fingerprint density at radius 3 is 2.08 bits per heavy atom. The monoisotopic (exact) mass is 350 g/mol. The Balaban J connectivity index is 2.54. The second-order valence-corrected chi connectivity index (χ2v) is 6.50. The van der Waals surface area contributed by atoms with Crippen LogP contribution in [0.2, 0.25) is 0 Å². The molecule has 7 heteroatoms. The summed E-state index contributed by atoms with van der Waals surface area (Å²) in [4.78, 5) is 34.9. The summed E-state index contributed by atoms with van der Waals surface area (Å²) in [6, 6.07) is 6.88. The largest absolute Gasteiger partial charge is 0.469 e. The van der Waals surface area contributed by atoms with Gasteiger partial charge in [0, 0.05) is 12.8 Å². The third kappa shape index (κ3) is 8.74. The van der Waals surface area contributed by atoms with Crippen molar-refractivity contribution in [2.45, 2.75) is 52.1 Å². The van der Waals surface area contributed by atoms with E-state index in [4.69, 9.17) is 4.74 Å². The molecule has 0 aliphatic heterocycles. The lowest BCUT2D eigenvalue weighted by Crippen LogP contribution is -2.27. The SMILES string of the molecule is COC(=O)CCCCC(=O)Nc1ccccc1NC(=O)OC(C)(C)C. The molecule has 0 saturated carbocycles. The number of methoxy groups -OCH3 is 1. The van der Waals surface area contributed by atoms with Crippen molar-refractivity contribution in [1.29, 1.82) is 0 Å². The van der Waals surface area contributed by atoms with Crippen molar-refractivity contribution in [3.05, 3.63) is 24.3 Å². The second-order valence-electron chi connectivity index (χ2n) is 6.50. The predicted octanol–water partition coefficient (Wildman–Crippen LogP) is 3.71. The lowest BCUT2D eigenvalue weighted by atomic mass is 10.2. The number of esters is 1. The number of para-hydroxylation sites is 2. The van der Waals surface area contributed by atoms with Gasteiger partial charge in [-0.3, -0.25) is 14.9 Å². The maximum absolute atomic E-state index is 12.0. The Morgan fingerprint density at radius 2 is 1.52 bits per heavy atom. The van der Waals surface area contributed by atoms with Gasteiger partial charge in [-0.25, -0.2) is 4.79 Å². The lowest BCUT2D eigenvalue weighted by Gasteiger charge is -2.20. The van der Waals surface area contributed by atoms with Crippen LogP contribution >= 0.6 is 0 Å². The van der Waals surface area contributed by atoms with Crippen LogP contribution in [0.1, 0.15) is 46.5 Å². The fraction of sp³-hybridized carbons (Fsp3) is 0.500. The van der Waals surface area contributed by atoms with Crippen molar-refractivity contribution >= 4 is 29.3 Å². The molecule has 0 heterocycles. The molecule has 0 atom stereocenters. The van der Waals surface area contributed by atoms with Crippen molar-refractivity contribution < 1.29 is 23.9 Å². The molecule has 1 rings (SSSR count). The Morgan fingerprint density at radius 1 is 0.960 bits per heavy atom. The third-order valence-corrected chi connectivity index (χ3v) is 3.10. The fourth-order valence-electron chi connectivity index (χ4n) is 1.98. The normalized spacial score (nSPS) is 10.7. The number of unbranched alkanes of at least 4 members (excludes halogenated alkanes) is 1. The highest BCUT2D eigenvalue weighted by atomic mass is 16.6. The van der Waals surface area contributed by atoms with E-state index in [1.54, 1.807) is 45.0 Å². The van der Waals surface area contributed by atoms with Gasteiger partial charge in [-0.2, -0.15) is 0 Å². The molecule has 0 aliphatic rings. The van der Waals surface area contributed by atoms with Crippen LogP contribution in [-0.2, 0) is 19.1 Å². The van der Waals surface area contributed by atoms with Gasteiger partial charge in [0.25, 0.3) is 0 Å². The number of rotatable bonds is 7. The van der Waals surface area contributed by atoms with E-state index in [0.717, 1.165) is 0 Å². The van der Waals surface area contributed by atoms with Crippen LogP contribution in [0.25, 0.3) is 0 Å². The van der Waals surface area contributed by atoms with Gasteiger partial charge >= 0.3 is 12.1 Å². The minimum Gasteiger partial charge on any atom is -0.469 e. The van der Waals surface area contributed by atoms with Crippen LogP contribution < -0.4 is 10.6 Å². The standard InChI is InChI=1S/C18H26N2O5/c1-18(2,3)25-17(23)20-14-10-6-5-9-13(14)19-15(21)11-7-8-12-16(22)24-4/h5-6,9-10H,7-8,11-12H2,1-4H3,(H,19,21)(H,20,23). The first-order valence-corrected chi connectivity index (χ1v) is 8.17. The molecule has 2 amide bonds. The minimum absolute atomic E-state index is 0.191. The number of hydrogen-bond donors (Lipinski definition) is 2. The Kier molecular flexibility index (Phi) is 7.91. The van der Waals surface area contributed by atoms with E-state index in [-0.39, 0.29) is 18.3 Å². The topological polar surface area (TPSA) is 93.7 Å². The molecule has 1 aromatic carbocycles. The molecule has 0 aromatic heterocycles. The van der Waals surface area contributed by atoms with Gasteiger partial charge in [0.2, 0.25) is 5.91 Å². The first kappa shape index (κ1) is 20.5. The third-order valence-electron chi connectivity index (χ3n) is 3.10. The van der Waals surface area contributed by atoms with Crippen molar-refractivity contribution in [1.82, 2.24) is 0 Å². The Hall–Kier alpha value is -2.57. The van der Waals surface area contributed by atoms with Gasteiger partial charge in [0.1, 0.15) is 5.60 Å². The summed E-state index contributed by atoms with van der Waals surface area (Å²) in [5.41, 5.74) is 0.341. The van der Waals surface area contributed by atoms with Gasteiger partial charge in [-0.15, -0.1) is 0 Å². The van der Waals surface area contributed by atoms with Gasteiger partial charge in [0.05, 0.1) is 18.5 Å². The highest BCUT2D eigenvalue weighted by Gasteiger charge is 2.17. The lowest BCUT2D eigenvalue weighted by molar-refractivity contribution is -0.140. The molecule has 0 bridgehead atoms. The van der Waals surface area contributed by atoms with Crippen LogP contribution in [-0.4, -0.2) is 30.7 Å². The number of nitrogens with one attached hydrogen (secondary N) is 2. The average Bonchev–Trinajstić information content (AvgIpc) is 2.51. The van der Waals surface area contributed by atoms with Crippen molar-refractivity contribution in [3.8, 4) is 0 Å². The van der Waals surface area contributed by atoms with Gasteiger partial charge < -0.3 is 14.8 Å². The molecule has 2 N–H and O–H groups in total. The molecule has 0 spiro atoms. The summed E-state index contributed by atoms with van der Waals surface area (Å²) >= 11 is 0. The maximum Gasteiger partial charge on any atom is 0.412 e. The molecule has 138 valence electrons. The van der Waals surface area contributed by atoms with E-state index in [0.29, 0.717) is 30.6 Å². The van der Waals surface area contributed by atoms with Crippen molar-refractivity contribution in [2.75, 3.05) is 17.7 Å². The highest BCUT2D eigenvalue weighted by Crippen LogP contribution is 2.22. The first-order chi connectivity index (χ1) is 11.7. The summed E-state index contributed by atoms with van der Waals surface area (Å²) in [5, 5.41) is 5.38. The number of amides is 2. The molecule has 1 aromatic rings. The average molecular weight is 350 g/mol. The van der Waals surface area contributed by atoms with Crippen LogP contribution in [0.4, 0.5) is 16.2 Å². The fourth-order valence-corrected chi connectivity index (χ4v) is 1.98. The van der Waals surface area contributed by atoms with Crippen LogP contribution in [0.3, 0.4) is 0 Å². The molecule has 0 fully saturated rings. The van der Waals surface area contributed by atoms with Crippen LogP contribution in [0.5, 0.6) is 0 Å². The Labute approximate surface area is 148 Å². The minimum atomic E-state index is -0.609. The van der Waals surface area contributed by atoms with Gasteiger partial charge in [-0.05, 0) is 45.7 Å². The molecule has 25 heavy (non-hydrogen) atoms. The summed E-state index contributed by atoms with van der Waals surface area (Å²) in [7, 11) is 1.34. The number of carbonyl (C=O) groups is 3. The van der Waals surface area contributed by atoms with Crippen LogP contribution in [0.15, 0.2) is 24.3 Å².